The molecule has 0 unspecified atom stereocenters. The van der Waals surface area contributed by atoms with E-state index in [-0.39, 0.29) is 12.0 Å². The molecule has 1 aliphatic heterocycles. The second kappa shape index (κ2) is 7.04. The average molecular weight is 294 g/mol. The topological polar surface area (TPSA) is 73.6 Å². The maximum absolute atomic E-state index is 11.8. The lowest BCUT2D eigenvalue weighted by molar-refractivity contribution is 0.0166. The van der Waals surface area contributed by atoms with Crippen LogP contribution in [-0.4, -0.2) is 43.5 Å². The standard InChI is InChI=1S/C15H22N2O4/c18-15(13-9-14(21-17-13)11-4-5-11)16-6-2-7-19-10-12-3-1-8-20-12/h9,11-12H,1-8,10H2,(H,16,18)/t12-/m0/s1. The van der Waals surface area contributed by atoms with Crippen LogP contribution in [0.5, 0.6) is 0 Å². The Morgan fingerprint density at radius 2 is 2.33 bits per heavy atom. The van der Waals surface area contributed by atoms with E-state index in [0.29, 0.717) is 31.4 Å². The van der Waals surface area contributed by atoms with E-state index in [1.165, 1.54) is 0 Å². The number of nitrogens with one attached hydrogen (secondary N) is 1. The number of ether oxygens (including phenoxy) is 2. The summed E-state index contributed by atoms with van der Waals surface area (Å²) in [4.78, 5) is 11.8. The van der Waals surface area contributed by atoms with Crippen LogP contribution in [0.2, 0.25) is 0 Å². The zero-order valence-electron chi connectivity index (χ0n) is 12.2. The van der Waals surface area contributed by atoms with E-state index >= 15 is 0 Å². The molecule has 1 saturated heterocycles. The average Bonchev–Trinajstić information content (AvgIpc) is 3.02. The molecule has 21 heavy (non-hydrogen) atoms. The van der Waals surface area contributed by atoms with Gasteiger partial charge in [-0.15, -0.1) is 0 Å². The predicted molar refractivity (Wildman–Crippen MR) is 75.2 cm³/mol. The van der Waals surface area contributed by atoms with Crippen LogP contribution in [0, 0.1) is 0 Å². The van der Waals surface area contributed by atoms with Crippen molar-refractivity contribution in [2.75, 3.05) is 26.4 Å². The molecule has 116 valence electrons. The highest BCUT2D eigenvalue weighted by molar-refractivity contribution is 5.92. The van der Waals surface area contributed by atoms with Crippen LogP contribution in [0.25, 0.3) is 0 Å². The smallest absolute Gasteiger partial charge is 0.273 e. The minimum Gasteiger partial charge on any atom is -0.379 e. The SMILES string of the molecule is O=C(NCCCOC[C@@H]1CCCO1)c1cc(C2CC2)on1. The molecule has 1 saturated carbocycles. The zero-order valence-corrected chi connectivity index (χ0v) is 12.2. The summed E-state index contributed by atoms with van der Waals surface area (Å²) in [6.07, 6.45) is 5.54. The third-order valence-electron chi connectivity index (χ3n) is 3.82. The summed E-state index contributed by atoms with van der Waals surface area (Å²) in [5, 5.41) is 6.64. The summed E-state index contributed by atoms with van der Waals surface area (Å²) in [5.74, 6) is 1.13. The quantitative estimate of drug-likeness (QED) is 0.741. The van der Waals surface area contributed by atoms with Crippen LogP contribution in [-0.2, 0) is 9.47 Å². The van der Waals surface area contributed by atoms with Crippen molar-refractivity contribution in [2.45, 2.75) is 44.1 Å². The first-order valence-corrected chi connectivity index (χ1v) is 7.77. The zero-order chi connectivity index (χ0) is 14.5. The van der Waals surface area contributed by atoms with Gasteiger partial charge >= 0.3 is 0 Å². The molecule has 6 heteroatoms. The van der Waals surface area contributed by atoms with E-state index in [4.69, 9.17) is 14.0 Å². The molecule has 0 bridgehead atoms. The predicted octanol–water partition coefficient (Wildman–Crippen LogP) is 1.87. The first kappa shape index (κ1) is 14.5. The molecule has 1 aromatic rings. The lowest BCUT2D eigenvalue weighted by Gasteiger charge is -2.09. The van der Waals surface area contributed by atoms with Crippen LogP contribution >= 0.6 is 0 Å². The minimum atomic E-state index is -0.176. The van der Waals surface area contributed by atoms with Crippen molar-refractivity contribution in [1.29, 1.82) is 0 Å². The number of aromatic nitrogens is 1. The number of carbonyl (C=O) groups excluding carboxylic acids is 1. The van der Waals surface area contributed by atoms with Crippen molar-refractivity contribution in [3.05, 3.63) is 17.5 Å². The summed E-state index contributed by atoms with van der Waals surface area (Å²) in [6, 6.07) is 1.75. The number of amides is 1. The van der Waals surface area contributed by atoms with Gasteiger partial charge in [-0.25, -0.2) is 0 Å². The Morgan fingerprint density at radius 3 is 3.10 bits per heavy atom. The van der Waals surface area contributed by atoms with Crippen molar-refractivity contribution >= 4 is 5.91 Å². The van der Waals surface area contributed by atoms with Gasteiger partial charge in [0.15, 0.2) is 5.69 Å². The van der Waals surface area contributed by atoms with Crippen LogP contribution in [0.1, 0.15) is 54.3 Å². The molecule has 6 nitrogen and oxygen atoms in total. The van der Waals surface area contributed by atoms with Crippen LogP contribution < -0.4 is 5.32 Å². The molecule has 2 heterocycles. The van der Waals surface area contributed by atoms with Gasteiger partial charge in [-0.05, 0) is 32.1 Å². The Hall–Kier alpha value is -1.40. The molecule has 1 aliphatic carbocycles. The van der Waals surface area contributed by atoms with Gasteiger partial charge in [0.25, 0.3) is 5.91 Å². The van der Waals surface area contributed by atoms with Crippen LogP contribution in [0.15, 0.2) is 10.6 Å². The Labute approximate surface area is 124 Å². The normalized spacial score (nSPS) is 21.6. The fourth-order valence-electron chi connectivity index (χ4n) is 2.41. The van der Waals surface area contributed by atoms with Gasteiger partial charge in [-0.1, -0.05) is 5.16 Å². The molecule has 0 radical (unpaired) electrons. The molecule has 3 rings (SSSR count). The van der Waals surface area contributed by atoms with Crippen molar-refractivity contribution < 1.29 is 18.8 Å². The summed E-state index contributed by atoms with van der Waals surface area (Å²) in [7, 11) is 0. The van der Waals surface area contributed by atoms with E-state index in [0.717, 1.165) is 44.5 Å². The van der Waals surface area contributed by atoms with Crippen molar-refractivity contribution in [1.82, 2.24) is 10.5 Å². The first-order valence-electron chi connectivity index (χ1n) is 7.77. The monoisotopic (exact) mass is 294 g/mol. The van der Waals surface area contributed by atoms with Crippen LogP contribution in [0.4, 0.5) is 0 Å². The lowest BCUT2D eigenvalue weighted by Crippen LogP contribution is -2.26. The number of rotatable bonds is 8. The summed E-state index contributed by atoms with van der Waals surface area (Å²) in [6.45, 7) is 2.72. The second-order valence-corrected chi connectivity index (χ2v) is 5.71. The molecule has 1 atom stereocenters. The maximum atomic E-state index is 11.8. The van der Waals surface area contributed by atoms with E-state index < -0.39 is 0 Å². The van der Waals surface area contributed by atoms with Crippen molar-refractivity contribution in [3.8, 4) is 0 Å². The third-order valence-corrected chi connectivity index (χ3v) is 3.82. The third kappa shape index (κ3) is 4.28. The molecule has 0 spiro atoms. The Morgan fingerprint density at radius 1 is 1.43 bits per heavy atom. The Bertz CT molecular complexity index is 464. The molecule has 1 aromatic heterocycles. The van der Waals surface area contributed by atoms with Gasteiger partial charge in [0.2, 0.25) is 0 Å². The van der Waals surface area contributed by atoms with Crippen molar-refractivity contribution in [2.24, 2.45) is 0 Å². The van der Waals surface area contributed by atoms with E-state index in [1.807, 2.05) is 0 Å². The van der Waals surface area contributed by atoms with Gasteiger partial charge in [-0.2, -0.15) is 0 Å². The molecular formula is C15H22N2O4. The number of nitrogens with zero attached hydrogens (tertiary/aromatic N) is 1. The van der Waals surface area contributed by atoms with Crippen LogP contribution in [0.3, 0.4) is 0 Å². The number of carbonyl (C=O) groups is 1. The fourth-order valence-corrected chi connectivity index (χ4v) is 2.41. The highest BCUT2D eigenvalue weighted by Crippen LogP contribution is 2.40. The minimum absolute atomic E-state index is 0.176. The van der Waals surface area contributed by atoms with E-state index in [9.17, 15) is 4.79 Å². The summed E-state index contributed by atoms with van der Waals surface area (Å²) >= 11 is 0. The molecular weight excluding hydrogens is 272 g/mol. The molecule has 0 aromatic carbocycles. The van der Waals surface area contributed by atoms with E-state index in [1.54, 1.807) is 6.07 Å². The molecule has 1 amide bonds. The highest BCUT2D eigenvalue weighted by atomic mass is 16.5. The molecule has 2 fully saturated rings. The van der Waals surface area contributed by atoms with E-state index in [2.05, 4.69) is 10.5 Å². The lowest BCUT2D eigenvalue weighted by atomic mass is 10.2. The number of hydrogen-bond donors (Lipinski definition) is 1. The van der Waals surface area contributed by atoms with Gasteiger partial charge < -0.3 is 19.3 Å². The van der Waals surface area contributed by atoms with Gasteiger partial charge in [0.1, 0.15) is 5.76 Å². The summed E-state index contributed by atoms with van der Waals surface area (Å²) < 4.78 is 16.2. The highest BCUT2D eigenvalue weighted by Gasteiger charge is 2.28. The fraction of sp³-hybridized carbons (Fsp3) is 0.733. The molecule has 1 N–H and O–H groups in total. The molecule has 2 aliphatic rings. The maximum Gasteiger partial charge on any atom is 0.273 e. The van der Waals surface area contributed by atoms with Crippen molar-refractivity contribution in [3.63, 3.8) is 0 Å². The van der Waals surface area contributed by atoms with Gasteiger partial charge in [0.05, 0.1) is 12.7 Å². The number of hydrogen-bond acceptors (Lipinski definition) is 5. The van der Waals surface area contributed by atoms with Gasteiger partial charge in [-0.3, -0.25) is 4.79 Å². The first-order chi connectivity index (χ1) is 10.3. The second-order valence-electron chi connectivity index (χ2n) is 5.71. The Kier molecular flexibility index (Phi) is 4.87. The van der Waals surface area contributed by atoms with Gasteiger partial charge in [0, 0.05) is 31.7 Å². The Balaban J connectivity index is 1.26. The summed E-state index contributed by atoms with van der Waals surface area (Å²) in [5.41, 5.74) is 0.372. The largest absolute Gasteiger partial charge is 0.379 e.